The maximum absolute atomic E-state index is 13.2. The first kappa shape index (κ1) is 18.2. The van der Waals surface area contributed by atoms with E-state index in [-0.39, 0.29) is 18.1 Å². The number of anilines is 1. The summed E-state index contributed by atoms with van der Waals surface area (Å²) in [4.78, 5) is 25.6. The lowest BCUT2D eigenvalue weighted by atomic mass is 9.85. The number of hydrogen-bond donors (Lipinski definition) is 1. The molecule has 0 aliphatic carbocycles. The zero-order valence-corrected chi connectivity index (χ0v) is 16.3. The Morgan fingerprint density at radius 3 is 2.64 bits per heavy atom. The van der Waals surface area contributed by atoms with Crippen LogP contribution in [0.3, 0.4) is 0 Å². The number of amides is 1. The quantitative estimate of drug-likeness (QED) is 0.691. The molecule has 28 heavy (non-hydrogen) atoms. The van der Waals surface area contributed by atoms with Gasteiger partial charge in [-0.25, -0.2) is 4.68 Å². The van der Waals surface area contributed by atoms with Crippen molar-refractivity contribution in [2.24, 2.45) is 0 Å². The van der Waals surface area contributed by atoms with Gasteiger partial charge in [0.2, 0.25) is 5.91 Å². The number of aromatic nitrogens is 2. The number of fused-ring (bicyclic) bond motifs is 1. The van der Waals surface area contributed by atoms with Gasteiger partial charge in [0.15, 0.2) is 5.78 Å². The van der Waals surface area contributed by atoms with E-state index in [1.807, 2.05) is 50.2 Å². The van der Waals surface area contributed by atoms with Crippen LogP contribution in [0.2, 0.25) is 0 Å². The van der Waals surface area contributed by atoms with Crippen LogP contribution in [0, 0.1) is 13.8 Å². The lowest BCUT2D eigenvalue weighted by Crippen LogP contribution is -2.28. The zero-order chi connectivity index (χ0) is 19.8. The monoisotopic (exact) mass is 373 g/mol. The minimum absolute atomic E-state index is 0.0407. The van der Waals surface area contributed by atoms with Crippen molar-refractivity contribution in [1.29, 1.82) is 0 Å². The molecule has 0 unspecified atom stereocenters. The van der Waals surface area contributed by atoms with Gasteiger partial charge < -0.3 is 5.32 Å². The van der Waals surface area contributed by atoms with E-state index in [1.54, 1.807) is 4.68 Å². The van der Waals surface area contributed by atoms with E-state index in [4.69, 9.17) is 0 Å². The topological polar surface area (TPSA) is 64.0 Å². The van der Waals surface area contributed by atoms with E-state index < -0.39 is 5.92 Å². The van der Waals surface area contributed by atoms with Gasteiger partial charge in [0.05, 0.1) is 17.3 Å². The van der Waals surface area contributed by atoms with Gasteiger partial charge in [-0.2, -0.15) is 5.10 Å². The van der Waals surface area contributed by atoms with Gasteiger partial charge in [-0.05, 0) is 38.0 Å². The summed E-state index contributed by atoms with van der Waals surface area (Å²) in [5, 5.41) is 7.60. The van der Waals surface area contributed by atoms with Crippen LogP contribution in [0.5, 0.6) is 0 Å². The third-order valence-electron chi connectivity index (χ3n) is 5.32. The molecule has 0 radical (unpaired) electrons. The van der Waals surface area contributed by atoms with E-state index in [0.29, 0.717) is 11.4 Å². The molecule has 0 saturated heterocycles. The molecule has 1 aliphatic rings. The summed E-state index contributed by atoms with van der Waals surface area (Å²) in [6.07, 6.45) is 1.05. The molecule has 4 rings (SSSR count). The van der Waals surface area contributed by atoms with Crippen LogP contribution in [0.4, 0.5) is 5.82 Å². The number of Topliss-reactive ketones (excluding diaryl/α,β-unsaturated/α-hetero) is 1. The molecule has 2 aromatic carbocycles. The van der Waals surface area contributed by atoms with E-state index in [9.17, 15) is 9.59 Å². The van der Waals surface area contributed by atoms with E-state index in [2.05, 4.69) is 29.5 Å². The average molecular weight is 373 g/mol. The molecule has 1 aromatic heterocycles. The first-order valence-electron chi connectivity index (χ1n) is 9.57. The second-order valence-electron chi connectivity index (χ2n) is 7.32. The van der Waals surface area contributed by atoms with Crippen molar-refractivity contribution in [3.05, 3.63) is 76.5 Å². The van der Waals surface area contributed by atoms with Crippen LogP contribution in [0.15, 0.2) is 48.5 Å². The predicted molar refractivity (Wildman–Crippen MR) is 109 cm³/mol. The number of carbonyl (C=O) groups excluding carboxylic acids is 2. The van der Waals surface area contributed by atoms with Crippen LogP contribution in [0.25, 0.3) is 5.69 Å². The van der Waals surface area contributed by atoms with Crippen molar-refractivity contribution < 1.29 is 9.59 Å². The number of ketones is 1. The third kappa shape index (κ3) is 3.13. The Labute approximate surface area is 164 Å². The SMILES string of the molecule is CCc1cccc(-n2nc(C)c3c2NC(=O)C[C@H]3C(=O)c2ccc(C)cc2)c1. The number of nitrogens with one attached hydrogen (secondary N) is 1. The second-order valence-corrected chi connectivity index (χ2v) is 7.32. The molecule has 5 heteroatoms. The number of benzene rings is 2. The Kier molecular flexibility index (Phi) is 4.59. The molecule has 1 amide bonds. The Morgan fingerprint density at radius 1 is 1.18 bits per heavy atom. The maximum atomic E-state index is 13.2. The summed E-state index contributed by atoms with van der Waals surface area (Å²) in [6, 6.07) is 15.6. The fraction of sp³-hybridized carbons (Fsp3) is 0.261. The van der Waals surface area contributed by atoms with Crippen LogP contribution >= 0.6 is 0 Å². The average Bonchev–Trinajstić information content (AvgIpc) is 3.04. The molecule has 142 valence electrons. The lowest BCUT2D eigenvalue weighted by Gasteiger charge is -2.23. The predicted octanol–water partition coefficient (Wildman–Crippen LogP) is 4.36. The van der Waals surface area contributed by atoms with Gasteiger partial charge in [0.1, 0.15) is 5.82 Å². The van der Waals surface area contributed by atoms with Gasteiger partial charge in [-0.3, -0.25) is 9.59 Å². The number of nitrogens with zero attached hydrogens (tertiary/aromatic N) is 2. The highest BCUT2D eigenvalue weighted by molar-refractivity contribution is 6.08. The smallest absolute Gasteiger partial charge is 0.226 e. The normalized spacial score (nSPS) is 15.8. The van der Waals surface area contributed by atoms with Gasteiger partial charge >= 0.3 is 0 Å². The van der Waals surface area contributed by atoms with Crippen molar-refractivity contribution in [2.75, 3.05) is 5.32 Å². The van der Waals surface area contributed by atoms with Gasteiger partial charge in [0, 0.05) is 17.5 Å². The summed E-state index contributed by atoms with van der Waals surface area (Å²) in [7, 11) is 0. The number of aryl methyl sites for hydroxylation is 3. The first-order valence-corrected chi connectivity index (χ1v) is 9.57. The highest BCUT2D eigenvalue weighted by Crippen LogP contribution is 2.38. The summed E-state index contributed by atoms with van der Waals surface area (Å²) in [5.74, 6) is -0.117. The molecular weight excluding hydrogens is 350 g/mol. The fourth-order valence-electron chi connectivity index (χ4n) is 3.79. The van der Waals surface area contributed by atoms with E-state index >= 15 is 0 Å². The van der Waals surface area contributed by atoms with Crippen molar-refractivity contribution in [1.82, 2.24) is 9.78 Å². The number of carbonyl (C=O) groups is 2. The molecule has 3 aromatic rings. The molecule has 1 aliphatic heterocycles. The van der Waals surface area contributed by atoms with Gasteiger partial charge in [-0.15, -0.1) is 0 Å². The molecule has 0 spiro atoms. The molecule has 0 bridgehead atoms. The van der Waals surface area contributed by atoms with Crippen LogP contribution in [-0.2, 0) is 11.2 Å². The molecule has 2 heterocycles. The molecule has 1 atom stereocenters. The van der Waals surface area contributed by atoms with Crippen molar-refractivity contribution in [3.8, 4) is 5.69 Å². The Morgan fingerprint density at radius 2 is 1.93 bits per heavy atom. The minimum atomic E-state index is -0.519. The molecule has 1 N–H and O–H groups in total. The van der Waals surface area contributed by atoms with Crippen LogP contribution in [0.1, 0.15) is 52.0 Å². The maximum Gasteiger partial charge on any atom is 0.226 e. The largest absolute Gasteiger partial charge is 0.310 e. The molecule has 0 fully saturated rings. The second kappa shape index (κ2) is 7.08. The van der Waals surface area contributed by atoms with Crippen molar-refractivity contribution in [2.45, 2.75) is 39.5 Å². The Bertz CT molecular complexity index is 1060. The highest BCUT2D eigenvalue weighted by Gasteiger charge is 2.36. The molecule has 0 saturated carbocycles. The van der Waals surface area contributed by atoms with Gasteiger partial charge in [-0.1, -0.05) is 48.9 Å². The van der Waals surface area contributed by atoms with E-state index in [0.717, 1.165) is 28.9 Å². The first-order chi connectivity index (χ1) is 13.5. The molecular formula is C23H23N3O2. The van der Waals surface area contributed by atoms with Gasteiger partial charge in [0.25, 0.3) is 0 Å². The minimum Gasteiger partial charge on any atom is -0.310 e. The van der Waals surface area contributed by atoms with E-state index in [1.165, 1.54) is 5.56 Å². The highest BCUT2D eigenvalue weighted by atomic mass is 16.2. The fourth-order valence-corrected chi connectivity index (χ4v) is 3.79. The standard InChI is InChI=1S/C23H23N3O2/c1-4-16-6-5-7-18(12-16)26-23-21(15(3)25-26)19(13-20(27)24-23)22(28)17-10-8-14(2)9-11-17/h5-12,19H,4,13H2,1-3H3,(H,24,27)/t19-/m1/s1. The number of hydrogen-bond acceptors (Lipinski definition) is 3. The van der Waals surface area contributed by atoms with Crippen LogP contribution < -0.4 is 5.32 Å². The summed E-state index contributed by atoms with van der Waals surface area (Å²) in [6.45, 7) is 5.98. The van der Waals surface area contributed by atoms with Crippen molar-refractivity contribution >= 4 is 17.5 Å². The summed E-state index contributed by atoms with van der Waals surface area (Å²) >= 11 is 0. The Balaban J connectivity index is 1.81. The Hall–Kier alpha value is -3.21. The molecule has 5 nitrogen and oxygen atoms in total. The lowest BCUT2D eigenvalue weighted by molar-refractivity contribution is -0.116. The van der Waals surface area contributed by atoms with Crippen molar-refractivity contribution in [3.63, 3.8) is 0 Å². The summed E-state index contributed by atoms with van der Waals surface area (Å²) < 4.78 is 1.75. The number of rotatable bonds is 4. The van der Waals surface area contributed by atoms with Crippen LogP contribution in [-0.4, -0.2) is 21.5 Å². The third-order valence-corrected chi connectivity index (χ3v) is 5.32. The summed E-state index contributed by atoms with van der Waals surface area (Å²) in [5.41, 5.74) is 5.37. The zero-order valence-electron chi connectivity index (χ0n) is 16.3.